The van der Waals surface area contributed by atoms with Gasteiger partial charge in [0.2, 0.25) is 0 Å². The first kappa shape index (κ1) is 15.2. The lowest BCUT2D eigenvalue weighted by atomic mass is 10.0. The van der Waals surface area contributed by atoms with Crippen molar-refractivity contribution in [2.24, 2.45) is 22.9 Å². The average molecular weight is 249 g/mol. The molecule has 0 spiro atoms. The van der Waals surface area contributed by atoms with Gasteiger partial charge in [0.05, 0.1) is 0 Å². The summed E-state index contributed by atoms with van der Waals surface area (Å²) in [7, 11) is 0. The Morgan fingerprint density at radius 3 is 2.50 bits per heavy atom. The molecule has 0 heterocycles. The van der Waals surface area contributed by atoms with Crippen LogP contribution in [0.2, 0.25) is 0 Å². The van der Waals surface area contributed by atoms with Crippen LogP contribution in [0.15, 0.2) is 5.18 Å². The molecule has 1 fully saturated rings. The molecule has 0 aromatic heterocycles. The minimum Gasteiger partial charge on any atom is -0.150 e. The fourth-order valence-corrected chi connectivity index (χ4v) is 2.42. The molecule has 1 aliphatic rings. The van der Waals surface area contributed by atoms with E-state index in [1.54, 1.807) is 0 Å². The van der Waals surface area contributed by atoms with Gasteiger partial charge in [-0.15, -0.1) is 5.92 Å². The number of nitrogens with zero attached hydrogens (tertiary/aromatic N) is 1. The van der Waals surface area contributed by atoms with Gasteiger partial charge in [0, 0.05) is 12.3 Å². The number of hydrogen-bond donors (Lipinski definition) is 0. The van der Waals surface area contributed by atoms with Gasteiger partial charge in [-0.25, -0.2) is 0 Å². The molecule has 0 bridgehead atoms. The van der Waals surface area contributed by atoms with Crippen molar-refractivity contribution in [2.45, 2.75) is 71.8 Å². The second-order valence-corrected chi connectivity index (χ2v) is 5.70. The first-order valence-electron chi connectivity index (χ1n) is 7.52. The minimum atomic E-state index is -0.0825. The van der Waals surface area contributed by atoms with E-state index in [4.69, 9.17) is 0 Å². The molecule has 2 nitrogen and oxygen atoms in total. The Morgan fingerprint density at radius 1 is 1.33 bits per heavy atom. The van der Waals surface area contributed by atoms with Crippen LogP contribution in [-0.2, 0) is 0 Å². The first-order chi connectivity index (χ1) is 8.71. The maximum absolute atomic E-state index is 10.8. The third-order valence-corrected chi connectivity index (χ3v) is 4.17. The van der Waals surface area contributed by atoms with Crippen molar-refractivity contribution >= 4 is 0 Å². The molecule has 102 valence electrons. The SMILES string of the molecule is CCC(C#CCC(CCCC1CC1C)N=O)CC. The van der Waals surface area contributed by atoms with Crippen molar-refractivity contribution in [1.82, 2.24) is 0 Å². The molecule has 3 unspecified atom stereocenters. The topological polar surface area (TPSA) is 29.4 Å². The van der Waals surface area contributed by atoms with Crippen LogP contribution in [0, 0.1) is 34.5 Å². The molecular formula is C16H27NO. The summed E-state index contributed by atoms with van der Waals surface area (Å²) in [4.78, 5) is 10.8. The van der Waals surface area contributed by atoms with Gasteiger partial charge >= 0.3 is 0 Å². The molecule has 3 atom stereocenters. The van der Waals surface area contributed by atoms with E-state index in [1.807, 2.05) is 0 Å². The highest BCUT2D eigenvalue weighted by molar-refractivity contribution is 5.05. The molecule has 0 aromatic rings. The molecule has 0 saturated heterocycles. The van der Waals surface area contributed by atoms with Crippen LogP contribution < -0.4 is 0 Å². The highest BCUT2D eigenvalue weighted by Crippen LogP contribution is 2.41. The normalized spacial score (nSPS) is 23.3. The third-order valence-electron chi connectivity index (χ3n) is 4.17. The van der Waals surface area contributed by atoms with E-state index in [9.17, 15) is 4.91 Å². The zero-order valence-corrected chi connectivity index (χ0v) is 12.1. The lowest BCUT2D eigenvalue weighted by molar-refractivity contribution is 0.538. The molecule has 0 aromatic carbocycles. The second-order valence-electron chi connectivity index (χ2n) is 5.70. The van der Waals surface area contributed by atoms with Gasteiger partial charge in [-0.05, 0) is 37.5 Å². The minimum absolute atomic E-state index is 0.0825. The summed E-state index contributed by atoms with van der Waals surface area (Å²) >= 11 is 0. The Hall–Kier alpha value is -0.840. The van der Waals surface area contributed by atoms with Crippen molar-refractivity contribution in [3.63, 3.8) is 0 Å². The maximum atomic E-state index is 10.8. The van der Waals surface area contributed by atoms with E-state index in [1.165, 1.54) is 12.8 Å². The van der Waals surface area contributed by atoms with Gasteiger partial charge < -0.3 is 0 Å². The fourth-order valence-electron chi connectivity index (χ4n) is 2.42. The number of nitroso groups, excluding NO2 is 1. The van der Waals surface area contributed by atoms with E-state index in [2.05, 4.69) is 37.8 Å². The van der Waals surface area contributed by atoms with E-state index in [0.29, 0.717) is 12.3 Å². The Kier molecular flexibility index (Phi) is 7.01. The molecule has 1 saturated carbocycles. The summed E-state index contributed by atoms with van der Waals surface area (Å²) in [6, 6.07) is -0.0825. The zero-order chi connectivity index (χ0) is 13.4. The Bertz CT molecular complexity index is 298. The van der Waals surface area contributed by atoms with Gasteiger partial charge in [0.15, 0.2) is 0 Å². The van der Waals surface area contributed by atoms with Gasteiger partial charge in [-0.1, -0.05) is 44.7 Å². The fraction of sp³-hybridized carbons (Fsp3) is 0.875. The molecular weight excluding hydrogens is 222 g/mol. The maximum Gasteiger partial charge on any atom is 0.103 e. The monoisotopic (exact) mass is 249 g/mol. The van der Waals surface area contributed by atoms with Crippen LogP contribution in [0.4, 0.5) is 0 Å². The number of rotatable bonds is 8. The predicted molar refractivity (Wildman–Crippen MR) is 77.2 cm³/mol. The summed E-state index contributed by atoms with van der Waals surface area (Å²) in [6.45, 7) is 6.63. The second kappa shape index (κ2) is 8.29. The summed E-state index contributed by atoms with van der Waals surface area (Å²) < 4.78 is 0. The van der Waals surface area contributed by atoms with Crippen molar-refractivity contribution in [1.29, 1.82) is 0 Å². The Morgan fingerprint density at radius 2 is 2.00 bits per heavy atom. The lowest BCUT2D eigenvalue weighted by Gasteiger charge is -2.05. The summed E-state index contributed by atoms with van der Waals surface area (Å²) in [5.74, 6) is 8.74. The van der Waals surface area contributed by atoms with E-state index in [0.717, 1.165) is 37.5 Å². The van der Waals surface area contributed by atoms with Crippen LogP contribution in [0.3, 0.4) is 0 Å². The Labute approximate surface area is 112 Å². The molecule has 1 aliphatic carbocycles. The van der Waals surface area contributed by atoms with Crippen LogP contribution in [0.5, 0.6) is 0 Å². The summed E-state index contributed by atoms with van der Waals surface area (Å²) in [6.07, 6.45) is 7.56. The van der Waals surface area contributed by atoms with E-state index < -0.39 is 0 Å². The zero-order valence-electron chi connectivity index (χ0n) is 12.1. The molecule has 1 rings (SSSR count). The number of hydrogen-bond acceptors (Lipinski definition) is 2. The third kappa shape index (κ3) is 5.67. The van der Waals surface area contributed by atoms with Crippen LogP contribution in [-0.4, -0.2) is 6.04 Å². The van der Waals surface area contributed by atoms with Crippen LogP contribution >= 0.6 is 0 Å². The molecule has 18 heavy (non-hydrogen) atoms. The summed E-state index contributed by atoms with van der Waals surface area (Å²) in [5.41, 5.74) is 0. The molecule has 2 heteroatoms. The average Bonchev–Trinajstić information content (AvgIpc) is 3.08. The molecule has 0 radical (unpaired) electrons. The Balaban J connectivity index is 2.17. The molecule has 0 aliphatic heterocycles. The van der Waals surface area contributed by atoms with E-state index in [-0.39, 0.29) is 6.04 Å². The van der Waals surface area contributed by atoms with Crippen molar-refractivity contribution in [3.05, 3.63) is 4.91 Å². The highest BCUT2D eigenvalue weighted by atomic mass is 16.3. The van der Waals surface area contributed by atoms with Crippen molar-refractivity contribution in [3.8, 4) is 11.8 Å². The molecule has 0 amide bonds. The predicted octanol–water partition coefficient (Wildman–Crippen LogP) is 4.78. The van der Waals surface area contributed by atoms with Crippen molar-refractivity contribution < 1.29 is 0 Å². The van der Waals surface area contributed by atoms with Gasteiger partial charge in [-0.2, -0.15) is 4.91 Å². The van der Waals surface area contributed by atoms with Crippen LogP contribution in [0.1, 0.15) is 65.7 Å². The smallest absolute Gasteiger partial charge is 0.103 e. The quantitative estimate of drug-likeness (QED) is 0.450. The first-order valence-corrected chi connectivity index (χ1v) is 7.52. The van der Waals surface area contributed by atoms with Crippen molar-refractivity contribution in [2.75, 3.05) is 0 Å². The summed E-state index contributed by atoms with van der Waals surface area (Å²) in [5, 5.41) is 3.22. The van der Waals surface area contributed by atoms with Gasteiger partial charge in [0.1, 0.15) is 6.04 Å². The van der Waals surface area contributed by atoms with E-state index >= 15 is 0 Å². The highest BCUT2D eigenvalue weighted by Gasteiger charge is 2.31. The largest absolute Gasteiger partial charge is 0.150 e. The van der Waals surface area contributed by atoms with Crippen LogP contribution in [0.25, 0.3) is 0 Å². The van der Waals surface area contributed by atoms with Gasteiger partial charge in [-0.3, -0.25) is 0 Å². The lowest BCUT2D eigenvalue weighted by Crippen LogP contribution is -2.03. The molecule has 0 N–H and O–H groups in total. The standard InChI is InChI=1S/C16H27NO/c1-4-14(5-2)8-6-10-16(17-18)11-7-9-15-12-13(15)3/h13-16H,4-5,7,9-12H2,1-3H3. The van der Waals surface area contributed by atoms with Gasteiger partial charge in [0.25, 0.3) is 0 Å².